The Balaban J connectivity index is 1.71. The molecule has 1 aliphatic heterocycles. The van der Waals surface area contributed by atoms with Crippen LogP contribution in [0.5, 0.6) is 5.75 Å². The molecule has 1 aromatic carbocycles. The van der Waals surface area contributed by atoms with E-state index in [4.69, 9.17) is 4.74 Å². The first-order valence-corrected chi connectivity index (χ1v) is 8.73. The summed E-state index contributed by atoms with van der Waals surface area (Å²) in [5.41, 5.74) is 4.04. The first kappa shape index (κ1) is 18.0. The Morgan fingerprint density at radius 3 is 2.88 bits per heavy atom. The second-order valence-electron chi connectivity index (χ2n) is 7.00. The Kier molecular flexibility index (Phi) is 4.97. The first-order valence-electron chi connectivity index (χ1n) is 8.73. The van der Waals surface area contributed by atoms with E-state index >= 15 is 0 Å². The predicted octanol–water partition coefficient (Wildman–Crippen LogP) is 2.67. The Bertz CT molecular complexity index is 855. The summed E-state index contributed by atoms with van der Waals surface area (Å²) in [6.45, 7) is 9.05. The van der Waals surface area contributed by atoms with Gasteiger partial charge in [-0.15, -0.1) is 0 Å². The van der Waals surface area contributed by atoms with Crippen LogP contribution < -0.4 is 15.4 Å². The van der Waals surface area contributed by atoms with Crippen LogP contribution >= 0.6 is 0 Å². The molecule has 2 amide bonds. The van der Waals surface area contributed by atoms with Crippen LogP contribution in [0.3, 0.4) is 0 Å². The van der Waals surface area contributed by atoms with Gasteiger partial charge in [-0.3, -0.25) is 14.3 Å². The van der Waals surface area contributed by atoms with Crippen molar-refractivity contribution in [1.82, 2.24) is 9.78 Å². The van der Waals surface area contributed by atoms with Crippen molar-refractivity contribution in [3.63, 3.8) is 0 Å². The van der Waals surface area contributed by atoms with Gasteiger partial charge >= 0.3 is 0 Å². The van der Waals surface area contributed by atoms with Crippen LogP contribution in [0.15, 0.2) is 18.2 Å². The van der Waals surface area contributed by atoms with E-state index in [1.807, 2.05) is 18.5 Å². The van der Waals surface area contributed by atoms with E-state index in [0.29, 0.717) is 23.0 Å². The molecule has 3 rings (SSSR count). The second kappa shape index (κ2) is 7.19. The van der Waals surface area contributed by atoms with Gasteiger partial charge in [0.25, 0.3) is 5.91 Å². The Morgan fingerprint density at radius 2 is 2.15 bits per heavy atom. The quantitative estimate of drug-likeness (QED) is 0.862. The number of anilines is 2. The number of fused-ring (bicyclic) bond motifs is 1. The van der Waals surface area contributed by atoms with Crippen molar-refractivity contribution in [3.05, 3.63) is 35.2 Å². The highest BCUT2D eigenvalue weighted by molar-refractivity contribution is 5.98. The minimum Gasteiger partial charge on any atom is -0.482 e. The summed E-state index contributed by atoms with van der Waals surface area (Å²) in [6.07, 6.45) is 0.260. The average Bonchev–Trinajstić information content (AvgIpc) is 2.81. The Labute approximate surface area is 152 Å². The van der Waals surface area contributed by atoms with Crippen molar-refractivity contribution >= 4 is 23.2 Å². The Morgan fingerprint density at radius 1 is 1.38 bits per heavy atom. The SMILES string of the molecule is Cc1nn(CC(C)C)c(C)c1CC(=O)Nc1ccc2c(c1)NC(=O)CO2. The smallest absolute Gasteiger partial charge is 0.262 e. The van der Waals surface area contributed by atoms with Crippen LogP contribution in [-0.2, 0) is 22.6 Å². The molecule has 2 heterocycles. The third kappa shape index (κ3) is 3.87. The number of ether oxygens (including phenoxy) is 1. The van der Waals surface area contributed by atoms with Crippen molar-refractivity contribution in [2.45, 2.75) is 40.7 Å². The molecule has 0 atom stereocenters. The number of carbonyl (C=O) groups is 2. The zero-order chi connectivity index (χ0) is 18.8. The van der Waals surface area contributed by atoms with E-state index in [-0.39, 0.29) is 24.8 Å². The highest BCUT2D eigenvalue weighted by Gasteiger charge is 2.18. The number of benzene rings is 1. The minimum atomic E-state index is -0.204. The molecule has 0 radical (unpaired) electrons. The van der Waals surface area contributed by atoms with E-state index in [2.05, 4.69) is 29.6 Å². The van der Waals surface area contributed by atoms with Crippen LogP contribution in [-0.4, -0.2) is 28.2 Å². The average molecular weight is 356 g/mol. The number of nitrogens with zero attached hydrogens (tertiary/aromatic N) is 2. The molecule has 0 saturated heterocycles. The van der Waals surface area contributed by atoms with Gasteiger partial charge in [-0.1, -0.05) is 13.8 Å². The molecule has 1 aromatic heterocycles. The standard InChI is InChI=1S/C19H24N4O3/c1-11(2)9-23-13(4)15(12(3)22-23)8-18(24)20-14-5-6-17-16(7-14)21-19(25)10-26-17/h5-7,11H,8-10H2,1-4H3,(H,20,24)(H,21,25). The summed E-state index contributed by atoms with van der Waals surface area (Å²) < 4.78 is 7.29. The van der Waals surface area contributed by atoms with E-state index in [1.54, 1.807) is 18.2 Å². The number of amides is 2. The van der Waals surface area contributed by atoms with Crippen LogP contribution in [0, 0.1) is 19.8 Å². The third-order valence-corrected chi connectivity index (χ3v) is 4.30. The lowest BCUT2D eigenvalue weighted by molar-refractivity contribution is -0.118. The van der Waals surface area contributed by atoms with E-state index in [0.717, 1.165) is 23.5 Å². The molecule has 1 aliphatic rings. The number of hydrogen-bond acceptors (Lipinski definition) is 4. The van der Waals surface area contributed by atoms with Crippen LogP contribution in [0.25, 0.3) is 0 Å². The molecule has 26 heavy (non-hydrogen) atoms. The van der Waals surface area contributed by atoms with Gasteiger partial charge in [0.2, 0.25) is 5.91 Å². The third-order valence-electron chi connectivity index (χ3n) is 4.30. The van der Waals surface area contributed by atoms with Crippen LogP contribution in [0.4, 0.5) is 11.4 Å². The maximum Gasteiger partial charge on any atom is 0.262 e. The number of aromatic nitrogens is 2. The van der Waals surface area contributed by atoms with Crippen molar-refractivity contribution < 1.29 is 14.3 Å². The normalized spacial score (nSPS) is 13.2. The largest absolute Gasteiger partial charge is 0.482 e. The number of nitrogens with one attached hydrogen (secondary N) is 2. The molecule has 0 saturated carbocycles. The summed E-state index contributed by atoms with van der Waals surface area (Å²) in [5.74, 6) is 0.764. The summed E-state index contributed by atoms with van der Waals surface area (Å²) in [4.78, 5) is 23.9. The topological polar surface area (TPSA) is 85.3 Å². The summed E-state index contributed by atoms with van der Waals surface area (Å²) in [6, 6.07) is 5.20. The summed E-state index contributed by atoms with van der Waals surface area (Å²) in [7, 11) is 0. The fourth-order valence-electron chi connectivity index (χ4n) is 3.04. The monoisotopic (exact) mass is 356 g/mol. The molecule has 7 heteroatoms. The maximum atomic E-state index is 12.5. The molecule has 0 unspecified atom stereocenters. The van der Waals surface area contributed by atoms with Crippen molar-refractivity contribution in [1.29, 1.82) is 0 Å². The number of carbonyl (C=O) groups excluding carboxylic acids is 2. The maximum absolute atomic E-state index is 12.5. The van der Waals surface area contributed by atoms with Crippen molar-refractivity contribution in [3.8, 4) is 5.75 Å². The van der Waals surface area contributed by atoms with Crippen molar-refractivity contribution in [2.24, 2.45) is 5.92 Å². The van der Waals surface area contributed by atoms with Gasteiger partial charge in [0.05, 0.1) is 17.8 Å². The van der Waals surface area contributed by atoms with E-state index in [9.17, 15) is 9.59 Å². The molecular formula is C19H24N4O3. The molecule has 0 aliphatic carbocycles. The molecule has 0 fully saturated rings. The predicted molar refractivity (Wildman–Crippen MR) is 99.4 cm³/mol. The number of aryl methyl sites for hydroxylation is 1. The molecule has 0 spiro atoms. The fourth-order valence-corrected chi connectivity index (χ4v) is 3.04. The van der Waals surface area contributed by atoms with Crippen LogP contribution in [0.1, 0.15) is 30.8 Å². The van der Waals surface area contributed by atoms with Gasteiger partial charge in [-0.05, 0) is 38.0 Å². The summed E-state index contributed by atoms with van der Waals surface area (Å²) in [5, 5.41) is 10.2. The first-order chi connectivity index (χ1) is 12.3. The lowest BCUT2D eigenvalue weighted by Gasteiger charge is -2.18. The molecule has 7 nitrogen and oxygen atoms in total. The van der Waals surface area contributed by atoms with Gasteiger partial charge in [-0.2, -0.15) is 5.10 Å². The van der Waals surface area contributed by atoms with E-state index < -0.39 is 0 Å². The second-order valence-corrected chi connectivity index (χ2v) is 7.00. The lowest BCUT2D eigenvalue weighted by Crippen LogP contribution is -2.25. The highest BCUT2D eigenvalue weighted by Crippen LogP contribution is 2.30. The Hall–Kier alpha value is -2.83. The number of hydrogen-bond donors (Lipinski definition) is 2. The van der Waals surface area contributed by atoms with Crippen molar-refractivity contribution in [2.75, 3.05) is 17.2 Å². The molecule has 0 bridgehead atoms. The van der Waals surface area contributed by atoms with Gasteiger partial charge < -0.3 is 15.4 Å². The zero-order valence-corrected chi connectivity index (χ0v) is 15.5. The molecule has 138 valence electrons. The minimum absolute atomic E-state index is 0.0115. The van der Waals surface area contributed by atoms with Gasteiger partial charge in [0, 0.05) is 23.5 Å². The molecular weight excluding hydrogens is 332 g/mol. The van der Waals surface area contributed by atoms with Crippen LogP contribution in [0.2, 0.25) is 0 Å². The number of rotatable bonds is 5. The fraction of sp³-hybridized carbons (Fsp3) is 0.421. The lowest BCUT2D eigenvalue weighted by atomic mass is 10.1. The summed E-state index contributed by atoms with van der Waals surface area (Å²) >= 11 is 0. The zero-order valence-electron chi connectivity index (χ0n) is 15.5. The van der Waals surface area contributed by atoms with Gasteiger partial charge in [0.1, 0.15) is 5.75 Å². The molecule has 2 aromatic rings. The molecule has 2 N–H and O–H groups in total. The van der Waals surface area contributed by atoms with Gasteiger partial charge in [-0.25, -0.2) is 0 Å². The highest BCUT2D eigenvalue weighted by atomic mass is 16.5. The van der Waals surface area contributed by atoms with E-state index in [1.165, 1.54) is 0 Å². The van der Waals surface area contributed by atoms with Gasteiger partial charge in [0.15, 0.2) is 6.61 Å².